The zero-order valence-electron chi connectivity index (χ0n) is 13.4. The standard InChI is InChI=1S/C16H23NO5/c1-11(2)9-22-13-7-5-6-12(8-13)14(18)17-16(3,10-21-4)15(19)20/h5-8,11H,9-10H2,1-4H3,(H,17,18)(H,19,20). The van der Waals surface area contributed by atoms with Crippen LogP contribution in [0.3, 0.4) is 0 Å². The van der Waals surface area contributed by atoms with Crippen LogP contribution in [-0.4, -0.2) is 42.8 Å². The summed E-state index contributed by atoms with van der Waals surface area (Å²) in [6.45, 7) is 5.87. The van der Waals surface area contributed by atoms with Gasteiger partial charge in [0.05, 0.1) is 13.2 Å². The predicted molar refractivity (Wildman–Crippen MR) is 82.2 cm³/mol. The van der Waals surface area contributed by atoms with E-state index in [0.29, 0.717) is 23.8 Å². The third-order valence-corrected chi connectivity index (χ3v) is 2.97. The summed E-state index contributed by atoms with van der Waals surface area (Å²) in [4.78, 5) is 23.5. The van der Waals surface area contributed by atoms with Gasteiger partial charge < -0.3 is 19.9 Å². The third kappa shape index (κ3) is 5.04. The van der Waals surface area contributed by atoms with Crippen molar-refractivity contribution in [3.8, 4) is 5.75 Å². The molecule has 122 valence electrons. The Balaban J connectivity index is 2.84. The van der Waals surface area contributed by atoms with Crippen molar-refractivity contribution in [2.24, 2.45) is 5.92 Å². The van der Waals surface area contributed by atoms with Crippen molar-refractivity contribution >= 4 is 11.9 Å². The number of nitrogens with one attached hydrogen (secondary N) is 1. The summed E-state index contributed by atoms with van der Waals surface area (Å²) in [7, 11) is 1.38. The first-order valence-corrected chi connectivity index (χ1v) is 7.06. The van der Waals surface area contributed by atoms with Crippen LogP contribution in [0.1, 0.15) is 31.1 Å². The van der Waals surface area contributed by atoms with Crippen LogP contribution < -0.4 is 10.1 Å². The van der Waals surface area contributed by atoms with Crippen molar-refractivity contribution in [2.45, 2.75) is 26.3 Å². The highest BCUT2D eigenvalue weighted by Crippen LogP contribution is 2.15. The van der Waals surface area contributed by atoms with E-state index >= 15 is 0 Å². The van der Waals surface area contributed by atoms with E-state index in [1.807, 2.05) is 13.8 Å². The summed E-state index contributed by atoms with van der Waals surface area (Å²) < 4.78 is 10.4. The molecule has 1 aromatic carbocycles. The van der Waals surface area contributed by atoms with Crippen LogP contribution in [0, 0.1) is 5.92 Å². The van der Waals surface area contributed by atoms with Gasteiger partial charge in [-0.2, -0.15) is 0 Å². The zero-order chi connectivity index (χ0) is 16.8. The van der Waals surface area contributed by atoms with Gasteiger partial charge in [-0.25, -0.2) is 4.79 Å². The Labute approximate surface area is 130 Å². The number of benzene rings is 1. The summed E-state index contributed by atoms with van der Waals surface area (Å²) in [5.74, 6) is -0.702. The lowest BCUT2D eigenvalue weighted by Crippen LogP contribution is -2.55. The molecule has 0 bridgehead atoms. The molecule has 0 spiro atoms. The molecule has 0 heterocycles. The predicted octanol–water partition coefficient (Wildman–Crippen LogP) is 1.94. The highest BCUT2D eigenvalue weighted by Gasteiger charge is 2.35. The molecule has 6 nitrogen and oxygen atoms in total. The average molecular weight is 309 g/mol. The molecule has 22 heavy (non-hydrogen) atoms. The van der Waals surface area contributed by atoms with Crippen LogP contribution in [-0.2, 0) is 9.53 Å². The van der Waals surface area contributed by atoms with Crippen molar-refractivity contribution in [2.75, 3.05) is 20.3 Å². The van der Waals surface area contributed by atoms with E-state index in [1.165, 1.54) is 14.0 Å². The first-order chi connectivity index (χ1) is 10.3. The second-order valence-corrected chi connectivity index (χ2v) is 5.76. The minimum Gasteiger partial charge on any atom is -0.493 e. The van der Waals surface area contributed by atoms with Gasteiger partial charge in [-0.05, 0) is 31.0 Å². The van der Waals surface area contributed by atoms with Crippen molar-refractivity contribution in [3.63, 3.8) is 0 Å². The van der Waals surface area contributed by atoms with Gasteiger partial charge >= 0.3 is 5.97 Å². The average Bonchev–Trinajstić information content (AvgIpc) is 2.45. The van der Waals surface area contributed by atoms with E-state index in [2.05, 4.69) is 5.32 Å². The Hall–Kier alpha value is -2.08. The highest BCUT2D eigenvalue weighted by molar-refractivity contribution is 5.98. The van der Waals surface area contributed by atoms with Crippen LogP contribution in [0.5, 0.6) is 5.75 Å². The van der Waals surface area contributed by atoms with Crippen molar-refractivity contribution in [1.82, 2.24) is 5.32 Å². The number of methoxy groups -OCH3 is 1. The fourth-order valence-corrected chi connectivity index (χ4v) is 1.75. The maximum Gasteiger partial charge on any atom is 0.331 e. The Morgan fingerprint density at radius 2 is 2.05 bits per heavy atom. The number of carboxylic acid groups (broad SMARTS) is 1. The van der Waals surface area contributed by atoms with Crippen molar-refractivity contribution in [3.05, 3.63) is 29.8 Å². The molecule has 0 fully saturated rings. The number of hydrogen-bond donors (Lipinski definition) is 2. The normalized spacial score (nSPS) is 13.5. The number of carboxylic acids is 1. The quantitative estimate of drug-likeness (QED) is 0.766. The van der Waals surface area contributed by atoms with Gasteiger partial charge in [-0.1, -0.05) is 19.9 Å². The molecule has 0 aliphatic carbocycles. The van der Waals surface area contributed by atoms with Crippen LogP contribution in [0.15, 0.2) is 24.3 Å². The Kier molecular flexibility index (Phi) is 6.37. The van der Waals surface area contributed by atoms with Crippen LogP contribution >= 0.6 is 0 Å². The first kappa shape index (κ1) is 18.0. The summed E-state index contributed by atoms with van der Waals surface area (Å²) in [6, 6.07) is 6.64. The van der Waals surface area contributed by atoms with E-state index in [1.54, 1.807) is 24.3 Å². The molecule has 1 amide bonds. The maximum absolute atomic E-state index is 12.2. The van der Waals surface area contributed by atoms with Gasteiger partial charge in [0.25, 0.3) is 5.91 Å². The Morgan fingerprint density at radius 1 is 1.36 bits per heavy atom. The third-order valence-electron chi connectivity index (χ3n) is 2.97. The molecular formula is C16H23NO5. The lowest BCUT2D eigenvalue weighted by atomic mass is 10.0. The Bertz CT molecular complexity index is 529. The number of rotatable bonds is 8. The number of hydrogen-bond acceptors (Lipinski definition) is 4. The summed E-state index contributed by atoms with van der Waals surface area (Å²) in [5.41, 5.74) is -1.15. The molecule has 0 aromatic heterocycles. The van der Waals surface area contributed by atoms with Crippen LogP contribution in [0.25, 0.3) is 0 Å². The fraction of sp³-hybridized carbons (Fsp3) is 0.500. The lowest BCUT2D eigenvalue weighted by molar-refractivity contribution is -0.145. The van der Waals surface area contributed by atoms with Crippen LogP contribution in [0.2, 0.25) is 0 Å². The van der Waals surface area contributed by atoms with Gasteiger partial charge in [-0.3, -0.25) is 4.79 Å². The van der Waals surface area contributed by atoms with Crippen molar-refractivity contribution in [1.29, 1.82) is 0 Å². The smallest absolute Gasteiger partial charge is 0.331 e. The second-order valence-electron chi connectivity index (χ2n) is 5.76. The molecule has 6 heteroatoms. The molecule has 0 saturated carbocycles. The molecule has 1 atom stereocenters. The monoisotopic (exact) mass is 309 g/mol. The molecule has 1 rings (SSSR count). The Morgan fingerprint density at radius 3 is 2.59 bits per heavy atom. The summed E-state index contributed by atoms with van der Waals surface area (Å²) >= 11 is 0. The molecular weight excluding hydrogens is 286 g/mol. The second kappa shape index (κ2) is 7.79. The topological polar surface area (TPSA) is 84.9 Å². The zero-order valence-corrected chi connectivity index (χ0v) is 13.4. The minimum atomic E-state index is -1.49. The van der Waals surface area contributed by atoms with E-state index in [0.717, 1.165) is 0 Å². The van der Waals surface area contributed by atoms with Gasteiger partial charge in [0, 0.05) is 12.7 Å². The van der Waals surface area contributed by atoms with Gasteiger partial charge in [0.15, 0.2) is 5.54 Å². The van der Waals surface area contributed by atoms with Gasteiger partial charge in [-0.15, -0.1) is 0 Å². The van der Waals surface area contributed by atoms with Gasteiger partial charge in [0.1, 0.15) is 5.75 Å². The molecule has 0 saturated heterocycles. The first-order valence-electron chi connectivity index (χ1n) is 7.06. The number of carbonyl (C=O) groups excluding carboxylic acids is 1. The molecule has 0 aliphatic rings. The van der Waals surface area contributed by atoms with E-state index < -0.39 is 17.4 Å². The van der Waals surface area contributed by atoms with E-state index in [4.69, 9.17) is 9.47 Å². The molecule has 1 aromatic rings. The lowest BCUT2D eigenvalue weighted by Gasteiger charge is -2.25. The number of ether oxygens (including phenoxy) is 2. The molecule has 0 radical (unpaired) electrons. The summed E-state index contributed by atoms with van der Waals surface area (Å²) in [5, 5.41) is 11.7. The largest absolute Gasteiger partial charge is 0.493 e. The van der Waals surface area contributed by atoms with Crippen LogP contribution in [0.4, 0.5) is 0 Å². The minimum absolute atomic E-state index is 0.127. The van der Waals surface area contributed by atoms with Gasteiger partial charge in [0.2, 0.25) is 0 Å². The maximum atomic E-state index is 12.2. The van der Waals surface area contributed by atoms with E-state index in [9.17, 15) is 14.7 Å². The fourth-order valence-electron chi connectivity index (χ4n) is 1.75. The highest BCUT2D eigenvalue weighted by atomic mass is 16.5. The molecule has 0 aliphatic heterocycles. The molecule has 1 unspecified atom stereocenters. The van der Waals surface area contributed by atoms with Crippen molar-refractivity contribution < 1.29 is 24.2 Å². The SMILES string of the molecule is COCC(C)(NC(=O)c1cccc(OCC(C)C)c1)C(=O)O. The number of carbonyl (C=O) groups is 2. The van der Waals surface area contributed by atoms with E-state index in [-0.39, 0.29) is 6.61 Å². The number of aliphatic carboxylic acids is 1. The summed E-state index contributed by atoms with van der Waals surface area (Å²) in [6.07, 6.45) is 0. The number of amides is 1. The molecule has 2 N–H and O–H groups in total.